The lowest BCUT2D eigenvalue weighted by molar-refractivity contribution is -0.118. The number of aromatic nitrogens is 2. The average Bonchev–Trinajstić information content (AvgIpc) is 2.98. The number of likely N-dealkylation sites (N-methyl/N-ethyl adjacent to an activating group) is 1. The van der Waals surface area contributed by atoms with Gasteiger partial charge < -0.3 is 15.1 Å². The largest absolute Gasteiger partial charge is 0.356 e. The standard InChI is InChI=1S/C14H22ClN5OS/c1-19(2)8-5-16-13(21)10-22-14-17-11(15)9-12(18-14)20-6-3-4-7-20/h9H,3-8,10H2,1-2H3,(H,16,21). The van der Waals surface area contributed by atoms with Crippen LogP contribution in [0.4, 0.5) is 5.82 Å². The fraction of sp³-hybridized carbons (Fsp3) is 0.643. The van der Waals surface area contributed by atoms with Crippen LogP contribution in [0.25, 0.3) is 0 Å². The van der Waals surface area contributed by atoms with Gasteiger partial charge in [0.15, 0.2) is 5.16 Å². The van der Waals surface area contributed by atoms with Gasteiger partial charge in [0, 0.05) is 32.2 Å². The summed E-state index contributed by atoms with van der Waals surface area (Å²) in [4.78, 5) is 24.7. The molecule has 1 aromatic rings. The maximum absolute atomic E-state index is 11.8. The Morgan fingerprint density at radius 3 is 2.82 bits per heavy atom. The Kier molecular flexibility index (Phi) is 6.72. The van der Waals surface area contributed by atoms with Gasteiger partial charge in [-0.15, -0.1) is 0 Å². The quantitative estimate of drug-likeness (QED) is 0.460. The van der Waals surface area contributed by atoms with Gasteiger partial charge in [-0.1, -0.05) is 23.4 Å². The lowest BCUT2D eigenvalue weighted by atomic mass is 10.4. The molecule has 1 N–H and O–H groups in total. The number of nitrogens with one attached hydrogen (secondary N) is 1. The Morgan fingerprint density at radius 2 is 2.14 bits per heavy atom. The average molecular weight is 344 g/mol. The van der Waals surface area contributed by atoms with E-state index in [0.29, 0.717) is 22.6 Å². The van der Waals surface area contributed by atoms with Crippen LogP contribution < -0.4 is 10.2 Å². The maximum Gasteiger partial charge on any atom is 0.230 e. The number of carbonyl (C=O) groups is 1. The molecule has 8 heteroatoms. The van der Waals surface area contributed by atoms with E-state index in [1.807, 2.05) is 19.0 Å². The smallest absolute Gasteiger partial charge is 0.230 e. The molecule has 1 aromatic heterocycles. The molecule has 22 heavy (non-hydrogen) atoms. The number of hydrogen-bond acceptors (Lipinski definition) is 6. The first-order valence-electron chi connectivity index (χ1n) is 7.38. The highest BCUT2D eigenvalue weighted by atomic mass is 35.5. The number of amides is 1. The molecule has 122 valence electrons. The number of nitrogens with zero attached hydrogens (tertiary/aromatic N) is 4. The first-order valence-corrected chi connectivity index (χ1v) is 8.75. The Morgan fingerprint density at radius 1 is 1.41 bits per heavy atom. The van der Waals surface area contributed by atoms with Crippen molar-refractivity contribution >= 4 is 35.1 Å². The molecule has 0 bridgehead atoms. The highest BCUT2D eigenvalue weighted by Crippen LogP contribution is 2.24. The SMILES string of the molecule is CN(C)CCNC(=O)CSc1nc(Cl)cc(N2CCCC2)n1. The fourth-order valence-corrected chi connectivity index (χ4v) is 3.07. The lowest BCUT2D eigenvalue weighted by Crippen LogP contribution is -2.32. The van der Waals surface area contributed by atoms with Crippen molar-refractivity contribution in [2.75, 3.05) is 50.9 Å². The normalized spacial score (nSPS) is 14.6. The minimum absolute atomic E-state index is 0.0156. The molecule has 0 spiro atoms. The molecule has 1 aliphatic rings. The molecule has 0 atom stereocenters. The van der Waals surface area contributed by atoms with Crippen molar-refractivity contribution in [3.05, 3.63) is 11.2 Å². The number of carbonyl (C=O) groups excluding carboxylic acids is 1. The van der Waals surface area contributed by atoms with Crippen molar-refractivity contribution in [1.82, 2.24) is 20.2 Å². The highest BCUT2D eigenvalue weighted by Gasteiger charge is 2.16. The summed E-state index contributed by atoms with van der Waals surface area (Å²) in [5.74, 6) is 1.14. The van der Waals surface area contributed by atoms with Gasteiger partial charge in [-0.3, -0.25) is 4.79 Å². The van der Waals surface area contributed by atoms with Crippen LogP contribution in [-0.4, -0.2) is 66.8 Å². The summed E-state index contributed by atoms with van der Waals surface area (Å²) < 4.78 is 0. The van der Waals surface area contributed by atoms with Gasteiger partial charge >= 0.3 is 0 Å². The second-order valence-electron chi connectivity index (χ2n) is 5.47. The van der Waals surface area contributed by atoms with Crippen molar-refractivity contribution in [1.29, 1.82) is 0 Å². The van der Waals surface area contributed by atoms with Crippen LogP contribution in [0, 0.1) is 0 Å². The predicted octanol–water partition coefficient (Wildman–Crippen LogP) is 1.50. The third-order valence-corrected chi connectivity index (χ3v) is 4.35. The molecule has 0 saturated carbocycles. The molecule has 1 amide bonds. The number of rotatable bonds is 7. The summed E-state index contributed by atoms with van der Waals surface area (Å²) in [6.45, 7) is 3.47. The van der Waals surface area contributed by atoms with Crippen molar-refractivity contribution in [3.8, 4) is 0 Å². The molecule has 1 fully saturated rings. The van der Waals surface area contributed by atoms with Crippen LogP contribution >= 0.6 is 23.4 Å². The van der Waals surface area contributed by atoms with E-state index in [0.717, 1.165) is 25.5 Å². The van der Waals surface area contributed by atoms with Gasteiger partial charge in [0.25, 0.3) is 0 Å². The van der Waals surface area contributed by atoms with E-state index in [4.69, 9.17) is 11.6 Å². The van der Waals surface area contributed by atoms with Gasteiger partial charge in [-0.2, -0.15) is 0 Å². The van der Waals surface area contributed by atoms with E-state index < -0.39 is 0 Å². The molecule has 6 nitrogen and oxygen atoms in total. The lowest BCUT2D eigenvalue weighted by Gasteiger charge is -2.16. The molecule has 1 aliphatic heterocycles. The molecule has 1 saturated heterocycles. The highest BCUT2D eigenvalue weighted by molar-refractivity contribution is 7.99. The van der Waals surface area contributed by atoms with E-state index >= 15 is 0 Å². The van der Waals surface area contributed by atoms with E-state index in [1.165, 1.54) is 24.6 Å². The van der Waals surface area contributed by atoms with E-state index in [-0.39, 0.29) is 5.91 Å². The number of anilines is 1. The maximum atomic E-state index is 11.8. The Bertz CT molecular complexity index is 508. The Balaban J connectivity index is 1.85. The molecule has 0 aromatic carbocycles. The zero-order valence-corrected chi connectivity index (χ0v) is 14.6. The third-order valence-electron chi connectivity index (χ3n) is 3.30. The minimum Gasteiger partial charge on any atom is -0.356 e. The molecule has 2 heterocycles. The fourth-order valence-electron chi connectivity index (χ4n) is 2.16. The first-order chi connectivity index (χ1) is 10.5. The summed E-state index contributed by atoms with van der Waals surface area (Å²) in [5, 5.41) is 3.84. The Hall–Kier alpha value is -1.05. The third kappa shape index (κ3) is 5.62. The number of thioether (sulfide) groups is 1. The summed E-state index contributed by atoms with van der Waals surface area (Å²) in [6, 6.07) is 1.79. The van der Waals surface area contributed by atoms with Gasteiger partial charge in [0.05, 0.1) is 5.75 Å². The molecule has 0 unspecified atom stereocenters. The minimum atomic E-state index is -0.0156. The van der Waals surface area contributed by atoms with Gasteiger partial charge in [-0.25, -0.2) is 9.97 Å². The van der Waals surface area contributed by atoms with E-state index in [9.17, 15) is 4.79 Å². The van der Waals surface area contributed by atoms with Crippen LogP contribution in [-0.2, 0) is 4.79 Å². The summed E-state index contributed by atoms with van der Waals surface area (Å²) in [7, 11) is 3.95. The Labute approximate surface area is 140 Å². The van der Waals surface area contributed by atoms with Crippen LogP contribution in [0.2, 0.25) is 5.15 Å². The molecule has 2 rings (SSSR count). The second-order valence-corrected chi connectivity index (χ2v) is 6.80. The second kappa shape index (κ2) is 8.55. The van der Waals surface area contributed by atoms with Crippen molar-refractivity contribution in [3.63, 3.8) is 0 Å². The van der Waals surface area contributed by atoms with E-state index in [2.05, 4.69) is 20.2 Å². The zero-order valence-electron chi connectivity index (χ0n) is 13.0. The van der Waals surface area contributed by atoms with Gasteiger partial charge in [-0.05, 0) is 26.9 Å². The van der Waals surface area contributed by atoms with E-state index in [1.54, 1.807) is 6.07 Å². The molecular formula is C14H22ClN5OS. The number of halogens is 1. The summed E-state index contributed by atoms with van der Waals surface area (Å²) in [6.07, 6.45) is 2.36. The van der Waals surface area contributed by atoms with Crippen LogP contribution in [0.3, 0.4) is 0 Å². The monoisotopic (exact) mass is 343 g/mol. The van der Waals surface area contributed by atoms with Gasteiger partial charge in [0.1, 0.15) is 11.0 Å². The molecule has 0 radical (unpaired) electrons. The molecule has 0 aliphatic carbocycles. The summed E-state index contributed by atoms with van der Waals surface area (Å²) in [5.41, 5.74) is 0. The van der Waals surface area contributed by atoms with Gasteiger partial charge in [0.2, 0.25) is 5.91 Å². The first kappa shape index (κ1) is 17.3. The van der Waals surface area contributed by atoms with Crippen molar-refractivity contribution in [2.45, 2.75) is 18.0 Å². The zero-order chi connectivity index (χ0) is 15.9. The number of hydrogen-bond donors (Lipinski definition) is 1. The topological polar surface area (TPSA) is 61.4 Å². The van der Waals surface area contributed by atoms with Crippen LogP contribution in [0.15, 0.2) is 11.2 Å². The predicted molar refractivity (Wildman–Crippen MR) is 90.8 cm³/mol. The molecular weight excluding hydrogens is 322 g/mol. The van der Waals surface area contributed by atoms with Crippen molar-refractivity contribution < 1.29 is 4.79 Å². The van der Waals surface area contributed by atoms with Crippen LogP contribution in [0.1, 0.15) is 12.8 Å². The summed E-state index contributed by atoms with van der Waals surface area (Å²) >= 11 is 7.38. The van der Waals surface area contributed by atoms with Crippen LogP contribution in [0.5, 0.6) is 0 Å². The van der Waals surface area contributed by atoms with Crippen molar-refractivity contribution in [2.24, 2.45) is 0 Å².